The molecule has 6 heteroatoms. The molecule has 3 rings (SSSR count). The minimum atomic E-state index is -1.73. The Labute approximate surface area is 177 Å². The fourth-order valence-corrected chi connectivity index (χ4v) is 4.84. The van der Waals surface area contributed by atoms with Gasteiger partial charge in [-0.3, -0.25) is 0 Å². The largest absolute Gasteiger partial charge is 0.494 e. The highest BCUT2D eigenvalue weighted by atomic mass is 16.5. The Kier molecular flexibility index (Phi) is 6.43. The van der Waals surface area contributed by atoms with E-state index in [1.165, 1.54) is 0 Å². The van der Waals surface area contributed by atoms with Crippen molar-refractivity contribution < 1.29 is 9.47 Å². The average molecular weight is 402 g/mol. The first kappa shape index (κ1) is 21.4. The zero-order valence-corrected chi connectivity index (χ0v) is 17.4. The molecule has 2 aliphatic carbocycles. The second-order valence-corrected chi connectivity index (χ2v) is 7.65. The van der Waals surface area contributed by atoms with Gasteiger partial charge in [0.15, 0.2) is 5.41 Å². The summed E-state index contributed by atoms with van der Waals surface area (Å²) in [5.41, 5.74) is -0.294. The number of ether oxygens (including phenoxy) is 2. The zero-order chi connectivity index (χ0) is 21.7. The van der Waals surface area contributed by atoms with Crippen LogP contribution in [0.4, 0.5) is 0 Å². The third kappa shape index (κ3) is 3.42. The Morgan fingerprint density at radius 3 is 2.47 bits per heavy atom. The van der Waals surface area contributed by atoms with Gasteiger partial charge in [0.2, 0.25) is 0 Å². The molecular formula is C24H26N4O2. The molecule has 2 aliphatic rings. The van der Waals surface area contributed by atoms with E-state index in [1.54, 1.807) is 0 Å². The van der Waals surface area contributed by atoms with Crippen molar-refractivity contribution in [1.82, 2.24) is 0 Å². The molecule has 1 saturated carbocycles. The second kappa shape index (κ2) is 9.02. The first-order chi connectivity index (χ1) is 14.6. The number of nitrogens with zero attached hydrogens (tertiary/aromatic N) is 3. The highest BCUT2D eigenvalue weighted by Crippen LogP contribution is 2.56. The van der Waals surface area contributed by atoms with Crippen molar-refractivity contribution in [2.75, 3.05) is 13.2 Å². The lowest BCUT2D eigenvalue weighted by molar-refractivity contribution is 0.297. The predicted octanol–water partition coefficient (Wildman–Crippen LogP) is 4.89. The van der Waals surface area contributed by atoms with Crippen LogP contribution in [0.3, 0.4) is 0 Å². The quantitative estimate of drug-likeness (QED) is 0.704. The van der Waals surface area contributed by atoms with Crippen LogP contribution in [0.2, 0.25) is 0 Å². The molecule has 1 fully saturated rings. The van der Waals surface area contributed by atoms with Crippen LogP contribution in [0, 0.1) is 56.7 Å². The summed E-state index contributed by atoms with van der Waals surface area (Å²) in [5, 5.41) is 39.0. The minimum Gasteiger partial charge on any atom is -0.494 e. The molecule has 0 saturated heterocycles. The van der Waals surface area contributed by atoms with E-state index in [9.17, 15) is 15.8 Å². The molecule has 0 amide bonds. The topological polar surface area (TPSA) is 114 Å². The highest BCUT2D eigenvalue weighted by Gasteiger charge is 2.57. The summed E-state index contributed by atoms with van der Waals surface area (Å²) < 4.78 is 11.6. The number of rotatable bonds is 5. The standard InChI is InChI=1S/C24H26N4O2/c1-3-29-16-10-11-21(30-4-2)19(12-16)22-18-9-7-5-6-8-17(18)20(13-25)23(28)24(22,14-26)15-27/h8,10-12,18,20,22,28H,3-7,9H2,1-2H3/t18-,20+,22+/m1/s1. The van der Waals surface area contributed by atoms with Crippen LogP contribution in [-0.4, -0.2) is 18.9 Å². The predicted molar refractivity (Wildman–Crippen MR) is 112 cm³/mol. The molecule has 0 aliphatic heterocycles. The van der Waals surface area contributed by atoms with Crippen molar-refractivity contribution in [3.8, 4) is 29.7 Å². The summed E-state index contributed by atoms with van der Waals surface area (Å²) in [7, 11) is 0. The summed E-state index contributed by atoms with van der Waals surface area (Å²) in [6.45, 7) is 4.70. The van der Waals surface area contributed by atoms with Crippen LogP contribution >= 0.6 is 0 Å². The molecule has 0 unspecified atom stereocenters. The third-order valence-electron chi connectivity index (χ3n) is 6.10. The van der Waals surface area contributed by atoms with Crippen LogP contribution < -0.4 is 9.47 Å². The van der Waals surface area contributed by atoms with Crippen molar-refractivity contribution in [1.29, 1.82) is 21.2 Å². The summed E-state index contributed by atoms with van der Waals surface area (Å²) in [4.78, 5) is 0. The van der Waals surface area contributed by atoms with Gasteiger partial charge in [-0.15, -0.1) is 0 Å². The molecule has 3 atom stereocenters. The highest BCUT2D eigenvalue weighted by molar-refractivity contribution is 6.00. The number of nitrogens with one attached hydrogen (secondary N) is 1. The van der Waals surface area contributed by atoms with Gasteiger partial charge in [0.25, 0.3) is 0 Å². The first-order valence-corrected chi connectivity index (χ1v) is 10.5. The van der Waals surface area contributed by atoms with Crippen LogP contribution in [0.1, 0.15) is 51.0 Å². The van der Waals surface area contributed by atoms with Gasteiger partial charge in [0.1, 0.15) is 17.4 Å². The SMILES string of the molecule is CCOc1ccc(OCC)c([C@@H]2[C@@H]3CCCCC=C3[C@H](C#N)C(=N)C2(C#N)C#N)c1. The molecule has 0 heterocycles. The molecule has 1 aromatic carbocycles. The van der Waals surface area contributed by atoms with Gasteiger partial charge in [-0.05, 0) is 62.8 Å². The van der Waals surface area contributed by atoms with Gasteiger partial charge < -0.3 is 14.9 Å². The maximum atomic E-state index is 10.2. The Balaban J connectivity index is 2.30. The normalized spacial score (nSPS) is 24.8. The van der Waals surface area contributed by atoms with Gasteiger partial charge in [-0.1, -0.05) is 12.5 Å². The van der Waals surface area contributed by atoms with E-state index in [4.69, 9.17) is 14.9 Å². The van der Waals surface area contributed by atoms with Crippen molar-refractivity contribution in [2.45, 2.75) is 45.4 Å². The molecule has 30 heavy (non-hydrogen) atoms. The van der Waals surface area contributed by atoms with Gasteiger partial charge >= 0.3 is 0 Å². The number of fused-ring (bicyclic) bond motifs is 1. The zero-order valence-electron chi connectivity index (χ0n) is 17.4. The smallest absolute Gasteiger partial charge is 0.189 e. The van der Waals surface area contributed by atoms with E-state index in [2.05, 4.69) is 24.3 Å². The van der Waals surface area contributed by atoms with Gasteiger partial charge in [0, 0.05) is 11.5 Å². The molecule has 1 aromatic rings. The van der Waals surface area contributed by atoms with Gasteiger partial charge in [-0.2, -0.15) is 15.8 Å². The Bertz CT molecular complexity index is 962. The molecule has 1 N–H and O–H groups in total. The lowest BCUT2D eigenvalue weighted by Gasteiger charge is -2.44. The van der Waals surface area contributed by atoms with Crippen LogP contribution in [-0.2, 0) is 0 Å². The maximum Gasteiger partial charge on any atom is 0.189 e. The van der Waals surface area contributed by atoms with E-state index in [0.29, 0.717) is 30.3 Å². The van der Waals surface area contributed by atoms with Crippen LogP contribution in [0.15, 0.2) is 29.8 Å². The van der Waals surface area contributed by atoms with Crippen molar-refractivity contribution >= 4 is 5.71 Å². The minimum absolute atomic E-state index is 0.131. The Morgan fingerprint density at radius 1 is 1.10 bits per heavy atom. The van der Waals surface area contributed by atoms with Crippen molar-refractivity contribution in [3.05, 3.63) is 35.4 Å². The summed E-state index contributed by atoms with van der Waals surface area (Å²) in [6, 6.07) is 11.9. The molecule has 0 aromatic heterocycles. The van der Waals surface area contributed by atoms with Crippen molar-refractivity contribution in [2.24, 2.45) is 17.3 Å². The number of benzene rings is 1. The Hall–Kier alpha value is -3.30. The maximum absolute atomic E-state index is 10.2. The van der Waals surface area contributed by atoms with Crippen LogP contribution in [0.25, 0.3) is 0 Å². The van der Waals surface area contributed by atoms with E-state index in [1.807, 2.05) is 32.0 Å². The molecule has 0 spiro atoms. The number of hydrogen-bond acceptors (Lipinski definition) is 6. The Morgan fingerprint density at radius 2 is 1.83 bits per heavy atom. The van der Waals surface area contributed by atoms with E-state index >= 15 is 0 Å². The van der Waals surface area contributed by atoms with Gasteiger partial charge in [-0.25, -0.2) is 0 Å². The third-order valence-corrected chi connectivity index (χ3v) is 6.10. The number of nitriles is 3. The van der Waals surface area contributed by atoms with E-state index < -0.39 is 17.3 Å². The van der Waals surface area contributed by atoms with Crippen molar-refractivity contribution in [3.63, 3.8) is 0 Å². The molecule has 0 bridgehead atoms. The van der Waals surface area contributed by atoms with E-state index in [0.717, 1.165) is 31.3 Å². The lowest BCUT2D eigenvalue weighted by Crippen LogP contribution is -2.48. The van der Waals surface area contributed by atoms with Crippen LogP contribution in [0.5, 0.6) is 11.5 Å². The molecule has 154 valence electrons. The second-order valence-electron chi connectivity index (χ2n) is 7.65. The van der Waals surface area contributed by atoms with E-state index in [-0.39, 0.29) is 11.6 Å². The fraction of sp³-hybridized carbons (Fsp3) is 0.500. The fourth-order valence-electron chi connectivity index (χ4n) is 4.84. The molecule has 6 nitrogen and oxygen atoms in total. The number of hydrogen-bond donors (Lipinski definition) is 1. The summed E-state index contributed by atoms with van der Waals surface area (Å²) >= 11 is 0. The van der Waals surface area contributed by atoms with Gasteiger partial charge in [0.05, 0.1) is 37.1 Å². The first-order valence-electron chi connectivity index (χ1n) is 10.5. The molecule has 0 radical (unpaired) electrons. The summed E-state index contributed by atoms with van der Waals surface area (Å²) in [5.74, 6) is -0.395. The lowest BCUT2D eigenvalue weighted by atomic mass is 9.54. The summed E-state index contributed by atoms with van der Waals surface area (Å²) in [6.07, 6.45) is 5.58. The number of allylic oxidation sites excluding steroid dienone is 2. The monoisotopic (exact) mass is 402 g/mol. The molecular weight excluding hydrogens is 376 g/mol. The average Bonchev–Trinajstić information content (AvgIpc) is 3.00.